The number of carbonyl (C=O) groups excluding carboxylic acids is 1. The van der Waals surface area contributed by atoms with Crippen LogP contribution in [-0.2, 0) is 4.74 Å². The zero-order valence-electron chi connectivity index (χ0n) is 13.7. The van der Waals surface area contributed by atoms with Gasteiger partial charge in [0.25, 0.3) is 0 Å². The zero-order valence-corrected chi connectivity index (χ0v) is 13.7. The number of carbonyl (C=O) groups is 1. The first-order chi connectivity index (χ1) is 11.2. The van der Waals surface area contributed by atoms with Gasteiger partial charge in [-0.1, -0.05) is 11.6 Å². The SMILES string of the molecule is CCOC(=O)N1CCC(Nc2ccnc3ccc(C)cc23)CC1. The van der Waals surface area contributed by atoms with E-state index in [1.54, 1.807) is 4.90 Å². The van der Waals surface area contributed by atoms with Gasteiger partial charge in [-0.3, -0.25) is 4.98 Å². The number of pyridine rings is 1. The summed E-state index contributed by atoms with van der Waals surface area (Å²) in [7, 11) is 0. The zero-order chi connectivity index (χ0) is 16.2. The van der Waals surface area contributed by atoms with E-state index < -0.39 is 0 Å². The normalized spacial score (nSPS) is 15.7. The molecule has 5 heteroatoms. The second-order valence-electron chi connectivity index (χ2n) is 5.98. The third kappa shape index (κ3) is 3.55. The second kappa shape index (κ2) is 6.86. The molecule has 0 radical (unpaired) electrons. The van der Waals surface area contributed by atoms with Crippen LogP contribution < -0.4 is 5.32 Å². The number of aryl methyl sites for hydroxylation is 1. The van der Waals surface area contributed by atoms with Crippen molar-refractivity contribution >= 4 is 22.7 Å². The lowest BCUT2D eigenvalue weighted by Crippen LogP contribution is -2.42. The fraction of sp³-hybridized carbons (Fsp3) is 0.444. The van der Waals surface area contributed by atoms with Crippen LogP contribution in [0.25, 0.3) is 10.9 Å². The molecule has 0 aliphatic carbocycles. The fourth-order valence-electron chi connectivity index (χ4n) is 3.03. The highest BCUT2D eigenvalue weighted by Crippen LogP contribution is 2.25. The molecular weight excluding hydrogens is 290 g/mol. The molecule has 1 fully saturated rings. The van der Waals surface area contributed by atoms with E-state index in [2.05, 4.69) is 35.4 Å². The van der Waals surface area contributed by atoms with Gasteiger partial charge < -0.3 is 15.0 Å². The van der Waals surface area contributed by atoms with Gasteiger partial charge in [-0.05, 0) is 44.9 Å². The molecule has 23 heavy (non-hydrogen) atoms. The Morgan fingerprint density at radius 1 is 1.35 bits per heavy atom. The molecule has 1 N–H and O–H groups in total. The lowest BCUT2D eigenvalue weighted by atomic mass is 10.0. The summed E-state index contributed by atoms with van der Waals surface area (Å²) in [5.74, 6) is 0. The van der Waals surface area contributed by atoms with E-state index in [4.69, 9.17) is 4.74 Å². The predicted octanol–water partition coefficient (Wildman–Crippen LogP) is 3.58. The minimum Gasteiger partial charge on any atom is -0.450 e. The van der Waals surface area contributed by atoms with Crippen molar-refractivity contribution < 1.29 is 9.53 Å². The number of hydrogen-bond donors (Lipinski definition) is 1. The Bertz CT molecular complexity index is 694. The van der Waals surface area contributed by atoms with Crippen molar-refractivity contribution in [1.82, 2.24) is 9.88 Å². The first-order valence-electron chi connectivity index (χ1n) is 8.21. The van der Waals surface area contributed by atoms with Gasteiger partial charge >= 0.3 is 6.09 Å². The average Bonchev–Trinajstić information content (AvgIpc) is 2.56. The molecule has 0 atom stereocenters. The van der Waals surface area contributed by atoms with Crippen LogP contribution in [0.2, 0.25) is 0 Å². The molecule has 122 valence electrons. The van der Waals surface area contributed by atoms with Crippen LogP contribution in [0.4, 0.5) is 10.5 Å². The summed E-state index contributed by atoms with van der Waals surface area (Å²) < 4.78 is 5.06. The molecule has 0 unspecified atom stereocenters. The summed E-state index contributed by atoms with van der Waals surface area (Å²) in [6.45, 7) is 5.83. The number of benzene rings is 1. The maximum absolute atomic E-state index is 11.8. The van der Waals surface area contributed by atoms with Crippen molar-refractivity contribution in [2.75, 3.05) is 25.0 Å². The van der Waals surface area contributed by atoms with E-state index in [0.717, 1.165) is 42.5 Å². The van der Waals surface area contributed by atoms with Gasteiger partial charge in [0.15, 0.2) is 0 Å². The van der Waals surface area contributed by atoms with E-state index in [-0.39, 0.29) is 6.09 Å². The average molecular weight is 313 g/mol. The van der Waals surface area contributed by atoms with Crippen LogP contribution in [0, 0.1) is 6.92 Å². The molecule has 0 saturated carbocycles. The number of rotatable bonds is 3. The number of hydrogen-bond acceptors (Lipinski definition) is 4. The summed E-state index contributed by atoms with van der Waals surface area (Å²) in [6.07, 6.45) is 3.49. The topological polar surface area (TPSA) is 54.5 Å². The first-order valence-corrected chi connectivity index (χ1v) is 8.21. The van der Waals surface area contributed by atoms with Gasteiger partial charge in [0.1, 0.15) is 0 Å². The highest BCUT2D eigenvalue weighted by Gasteiger charge is 2.23. The Morgan fingerprint density at radius 3 is 2.87 bits per heavy atom. The third-order valence-corrected chi connectivity index (χ3v) is 4.28. The van der Waals surface area contributed by atoms with Crippen molar-refractivity contribution in [2.45, 2.75) is 32.7 Å². The highest BCUT2D eigenvalue weighted by atomic mass is 16.6. The van der Waals surface area contributed by atoms with Crippen molar-refractivity contribution in [3.05, 3.63) is 36.0 Å². The molecule has 0 bridgehead atoms. The Balaban J connectivity index is 1.67. The molecule has 2 aromatic rings. The number of amides is 1. The maximum Gasteiger partial charge on any atom is 0.409 e. The number of likely N-dealkylation sites (tertiary alicyclic amines) is 1. The predicted molar refractivity (Wildman–Crippen MR) is 91.7 cm³/mol. The lowest BCUT2D eigenvalue weighted by Gasteiger charge is -2.32. The van der Waals surface area contributed by atoms with Crippen LogP contribution >= 0.6 is 0 Å². The molecule has 1 aromatic carbocycles. The summed E-state index contributed by atoms with van der Waals surface area (Å²) in [5, 5.41) is 4.78. The van der Waals surface area contributed by atoms with Crippen molar-refractivity contribution in [3.63, 3.8) is 0 Å². The molecule has 1 aromatic heterocycles. The highest BCUT2D eigenvalue weighted by molar-refractivity contribution is 5.91. The number of fused-ring (bicyclic) bond motifs is 1. The largest absolute Gasteiger partial charge is 0.450 e. The van der Waals surface area contributed by atoms with Crippen LogP contribution in [-0.4, -0.2) is 41.7 Å². The molecule has 1 amide bonds. The van der Waals surface area contributed by atoms with Crippen LogP contribution in [0.15, 0.2) is 30.5 Å². The number of piperidine rings is 1. The van der Waals surface area contributed by atoms with Gasteiger partial charge in [-0.15, -0.1) is 0 Å². The monoisotopic (exact) mass is 313 g/mol. The van der Waals surface area contributed by atoms with E-state index in [1.165, 1.54) is 5.56 Å². The van der Waals surface area contributed by atoms with Gasteiger partial charge in [0.2, 0.25) is 0 Å². The number of nitrogens with one attached hydrogen (secondary N) is 1. The molecular formula is C18H23N3O2. The van der Waals surface area contributed by atoms with Crippen molar-refractivity contribution in [1.29, 1.82) is 0 Å². The molecule has 1 aliphatic rings. The Labute approximate surface area is 136 Å². The van der Waals surface area contributed by atoms with E-state index in [1.807, 2.05) is 19.2 Å². The first kappa shape index (κ1) is 15.6. The number of anilines is 1. The Morgan fingerprint density at radius 2 is 2.13 bits per heavy atom. The van der Waals surface area contributed by atoms with Crippen LogP contribution in [0.5, 0.6) is 0 Å². The quantitative estimate of drug-likeness (QED) is 0.941. The van der Waals surface area contributed by atoms with Crippen LogP contribution in [0.3, 0.4) is 0 Å². The van der Waals surface area contributed by atoms with Crippen molar-refractivity contribution in [2.24, 2.45) is 0 Å². The Kier molecular flexibility index (Phi) is 4.65. The maximum atomic E-state index is 11.8. The van der Waals surface area contributed by atoms with E-state index in [0.29, 0.717) is 12.6 Å². The lowest BCUT2D eigenvalue weighted by molar-refractivity contribution is 0.0983. The molecule has 1 aliphatic heterocycles. The molecule has 5 nitrogen and oxygen atoms in total. The second-order valence-corrected chi connectivity index (χ2v) is 5.98. The van der Waals surface area contributed by atoms with E-state index >= 15 is 0 Å². The third-order valence-electron chi connectivity index (χ3n) is 4.28. The number of aromatic nitrogens is 1. The number of ether oxygens (including phenoxy) is 1. The standard InChI is InChI=1S/C18H23N3O2/c1-3-23-18(22)21-10-7-14(8-11-21)20-17-6-9-19-16-5-4-13(2)12-15(16)17/h4-6,9,12,14H,3,7-8,10-11H2,1-2H3,(H,19,20). The Hall–Kier alpha value is -2.30. The summed E-state index contributed by atoms with van der Waals surface area (Å²) in [4.78, 5) is 18.0. The summed E-state index contributed by atoms with van der Waals surface area (Å²) >= 11 is 0. The smallest absolute Gasteiger partial charge is 0.409 e. The minimum atomic E-state index is -0.198. The summed E-state index contributed by atoms with van der Waals surface area (Å²) in [5.41, 5.74) is 3.35. The molecule has 3 rings (SSSR count). The molecule has 1 saturated heterocycles. The minimum absolute atomic E-state index is 0.198. The van der Waals surface area contributed by atoms with Gasteiger partial charge in [0.05, 0.1) is 12.1 Å². The van der Waals surface area contributed by atoms with Gasteiger partial charge in [0, 0.05) is 36.4 Å². The summed E-state index contributed by atoms with van der Waals surface area (Å²) in [6, 6.07) is 8.69. The number of nitrogens with zero attached hydrogens (tertiary/aromatic N) is 2. The van der Waals surface area contributed by atoms with Crippen LogP contribution in [0.1, 0.15) is 25.3 Å². The molecule has 2 heterocycles. The van der Waals surface area contributed by atoms with E-state index in [9.17, 15) is 4.79 Å². The van der Waals surface area contributed by atoms with Crippen molar-refractivity contribution in [3.8, 4) is 0 Å². The van der Waals surface area contributed by atoms with Gasteiger partial charge in [-0.2, -0.15) is 0 Å². The fourth-order valence-corrected chi connectivity index (χ4v) is 3.03. The van der Waals surface area contributed by atoms with Gasteiger partial charge in [-0.25, -0.2) is 4.79 Å². The molecule has 0 spiro atoms.